The van der Waals surface area contributed by atoms with Crippen LogP contribution in [0.15, 0.2) is 46.1 Å². The van der Waals surface area contributed by atoms with Crippen LogP contribution in [0.25, 0.3) is 0 Å². The molecule has 0 atom stereocenters. The van der Waals surface area contributed by atoms with Crippen LogP contribution in [0.2, 0.25) is 0 Å². The van der Waals surface area contributed by atoms with E-state index in [4.69, 9.17) is 9.15 Å². The molecule has 6 heteroatoms. The monoisotopic (exact) mass is 314 g/mol. The van der Waals surface area contributed by atoms with Crippen LogP contribution in [0.1, 0.15) is 24.2 Å². The van der Waals surface area contributed by atoms with Gasteiger partial charge in [0, 0.05) is 25.9 Å². The molecule has 23 heavy (non-hydrogen) atoms. The lowest BCUT2D eigenvalue weighted by Gasteiger charge is -2.11. The molecule has 2 heterocycles. The largest absolute Gasteiger partial charge is 0.477 e. The van der Waals surface area contributed by atoms with E-state index in [1.54, 1.807) is 19.5 Å². The van der Waals surface area contributed by atoms with Crippen LogP contribution >= 0.6 is 0 Å². The van der Waals surface area contributed by atoms with E-state index in [2.05, 4.69) is 20.6 Å². The Labute approximate surface area is 136 Å². The smallest absolute Gasteiger partial charge is 0.213 e. The van der Waals surface area contributed by atoms with Gasteiger partial charge >= 0.3 is 0 Å². The number of furan rings is 1. The van der Waals surface area contributed by atoms with Crippen molar-refractivity contribution in [3.63, 3.8) is 0 Å². The standard InChI is InChI=1S/C17H22N4O2/c1-18-17(21-11-15-3-2-8-22-15)20-10-14-6-7-19-16(9-14)23-12-13-4-5-13/h2-3,6-9,13H,4-5,10-12H2,1H3,(H2,18,20,21). The predicted molar refractivity (Wildman–Crippen MR) is 88.2 cm³/mol. The SMILES string of the molecule is CN=C(NCc1ccnc(OCC2CC2)c1)NCc1ccco1. The summed E-state index contributed by atoms with van der Waals surface area (Å²) in [6.45, 7) is 2.02. The van der Waals surface area contributed by atoms with Gasteiger partial charge in [-0.25, -0.2) is 4.98 Å². The zero-order valence-corrected chi connectivity index (χ0v) is 13.3. The molecule has 1 saturated carbocycles. The van der Waals surface area contributed by atoms with Crippen LogP contribution in [0, 0.1) is 5.92 Å². The molecule has 0 spiro atoms. The summed E-state index contributed by atoms with van der Waals surface area (Å²) in [5, 5.41) is 6.47. The highest BCUT2D eigenvalue weighted by Crippen LogP contribution is 2.29. The van der Waals surface area contributed by atoms with Crippen molar-refractivity contribution in [2.24, 2.45) is 10.9 Å². The van der Waals surface area contributed by atoms with Crippen LogP contribution in [-0.2, 0) is 13.1 Å². The van der Waals surface area contributed by atoms with Crippen LogP contribution < -0.4 is 15.4 Å². The second kappa shape index (κ2) is 7.67. The highest BCUT2D eigenvalue weighted by atomic mass is 16.5. The molecule has 0 unspecified atom stereocenters. The highest BCUT2D eigenvalue weighted by molar-refractivity contribution is 5.79. The fraction of sp³-hybridized carbons (Fsp3) is 0.412. The number of hydrogen-bond acceptors (Lipinski definition) is 4. The van der Waals surface area contributed by atoms with E-state index < -0.39 is 0 Å². The van der Waals surface area contributed by atoms with Gasteiger partial charge in [0.05, 0.1) is 19.4 Å². The molecule has 0 aliphatic heterocycles. The first-order chi connectivity index (χ1) is 11.3. The molecule has 2 N–H and O–H groups in total. The van der Waals surface area contributed by atoms with E-state index in [9.17, 15) is 0 Å². The number of aliphatic imine (C=N–C) groups is 1. The molecule has 3 rings (SSSR count). The Morgan fingerprint density at radius 2 is 2.22 bits per heavy atom. The maximum atomic E-state index is 5.70. The Morgan fingerprint density at radius 1 is 1.35 bits per heavy atom. The molecule has 0 aromatic carbocycles. The van der Waals surface area contributed by atoms with Crippen molar-refractivity contribution in [3.8, 4) is 5.88 Å². The van der Waals surface area contributed by atoms with Gasteiger partial charge < -0.3 is 19.8 Å². The van der Waals surface area contributed by atoms with Crippen molar-refractivity contribution in [1.29, 1.82) is 0 Å². The number of nitrogens with one attached hydrogen (secondary N) is 2. The lowest BCUT2D eigenvalue weighted by molar-refractivity contribution is 0.288. The van der Waals surface area contributed by atoms with E-state index in [1.807, 2.05) is 24.3 Å². The van der Waals surface area contributed by atoms with Crippen LogP contribution in [0.3, 0.4) is 0 Å². The van der Waals surface area contributed by atoms with Crippen LogP contribution in [0.5, 0.6) is 5.88 Å². The number of guanidine groups is 1. The van der Waals surface area contributed by atoms with E-state index >= 15 is 0 Å². The molecule has 0 saturated heterocycles. The zero-order chi connectivity index (χ0) is 15.9. The van der Waals surface area contributed by atoms with Gasteiger partial charge in [-0.15, -0.1) is 0 Å². The summed E-state index contributed by atoms with van der Waals surface area (Å²) in [6, 6.07) is 7.73. The average Bonchev–Trinajstić information content (AvgIpc) is 3.27. The van der Waals surface area contributed by atoms with Crippen LogP contribution in [-0.4, -0.2) is 24.6 Å². The zero-order valence-electron chi connectivity index (χ0n) is 13.3. The first-order valence-electron chi connectivity index (χ1n) is 7.88. The Balaban J connectivity index is 1.46. The molecular formula is C17H22N4O2. The first kappa shape index (κ1) is 15.4. The average molecular weight is 314 g/mol. The first-order valence-corrected chi connectivity index (χ1v) is 7.88. The summed E-state index contributed by atoms with van der Waals surface area (Å²) in [4.78, 5) is 8.45. The number of ether oxygens (including phenoxy) is 1. The summed E-state index contributed by atoms with van der Waals surface area (Å²) in [6.07, 6.45) is 5.99. The molecule has 0 bridgehead atoms. The molecule has 0 radical (unpaired) electrons. The quantitative estimate of drug-likeness (QED) is 0.606. The Kier molecular flexibility index (Phi) is 5.13. The summed E-state index contributed by atoms with van der Waals surface area (Å²) in [5.41, 5.74) is 1.10. The molecule has 0 amide bonds. The predicted octanol–water partition coefficient (Wildman–Crippen LogP) is 2.33. The van der Waals surface area contributed by atoms with Gasteiger partial charge in [-0.05, 0) is 42.5 Å². The number of rotatable bonds is 7. The topological polar surface area (TPSA) is 71.7 Å². The fourth-order valence-corrected chi connectivity index (χ4v) is 2.12. The van der Waals surface area contributed by atoms with Crippen molar-refractivity contribution in [2.45, 2.75) is 25.9 Å². The van der Waals surface area contributed by atoms with E-state index in [0.29, 0.717) is 19.0 Å². The lowest BCUT2D eigenvalue weighted by atomic mass is 10.2. The van der Waals surface area contributed by atoms with Crippen molar-refractivity contribution in [3.05, 3.63) is 48.0 Å². The maximum Gasteiger partial charge on any atom is 0.213 e. The molecule has 122 valence electrons. The van der Waals surface area contributed by atoms with Gasteiger partial charge in [-0.1, -0.05) is 0 Å². The minimum absolute atomic E-state index is 0.596. The summed E-state index contributed by atoms with van der Waals surface area (Å²) < 4.78 is 11.0. The lowest BCUT2D eigenvalue weighted by Crippen LogP contribution is -2.36. The third kappa shape index (κ3) is 5.02. The third-order valence-corrected chi connectivity index (χ3v) is 3.66. The minimum atomic E-state index is 0.596. The molecule has 1 fully saturated rings. The molecule has 2 aromatic heterocycles. The second-order valence-corrected chi connectivity index (χ2v) is 5.62. The summed E-state index contributed by atoms with van der Waals surface area (Å²) in [7, 11) is 1.74. The third-order valence-electron chi connectivity index (χ3n) is 3.66. The van der Waals surface area contributed by atoms with Crippen molar-refractivity contribution in [2.75, 3.05) is 13.7 Å². The van der Waals surface area contributed by atoms with Crippen molar-refractivity contribution >= 4 is 5.96 Å². The normalized spacial score (nSPS) is 14.6. The summed E-state index contributed by atoms with van der Waals surface area (Å²) >= 11 is 0. The van der Waals surface area contributed by atoms with E-state index in [0.717, 1.165) is 29.8 Å². The highest BCUT2D eigenvalue weighted by Gasteiger charge is 2.22. The maximum absolute atomic E-state index is 5.70. The minimum Gasteiger partial charge on any atom is -0.477 e. The van der Waals surface area contributed by atoms with Gasteiger partial charge in [0.15, 0.2) is 5.96 Å². The number of pyridine rings is 1. The van der Waals surface area contributed by atoms with Gasteiger partial charge in [-0.3, -0.25) is 4.99 Å². The van der Waals surface area contributed by atoms with Crippen LogP contribution in [0.4, 0.5) is 0 Å². The van der Waals surface area contributed by atoms with Gasteiger partial charge in [0.25, 0.3) is 0 Å². The van der Waals surface area contributed by atoms with Crippen molar-refractivity contribution in [1.82, 2.24) is 15.6 Å². The molecule has 6 nitrogen and oxygen atoms in total. The summed E-state index contributed by atoms with van der Waals surface area (Å²) in [5.74, 6) is 3.00. The number of nitrogens with zero attached hydrogens (tertiary/aromatic N) is 2. The number of aromatic nitrogens is 1. The molecule has 2 aromatic rings. The number of hydrogen-bond donors (Lipinski definition) is 2. The Morgan fingerprint density at radius 3 is 2.96 bits per heavy atom. The van der Waals surface area contributed by atoms with E-state index in [1.165, 1.54) is 12.8 Å². The molecular weight excluding hydrogens is 292 g/mol. The molecule has 1 aliphatic rings. The Hall–Kier alpha value is -2.50. The van der Waals surface area contributed by atoms with E-state index in [-0.39, 0.29) is 0 Å². The van der Waals surface area contributed by atoms with Gasteiger partial charge in [-0.2, -0.15) is 0 Å². The van der Waals surface area contributed by atoms with Gasteiger partial charge in [0.2, 0.25) is 5.88 Å². The second-order valence-electron chi connectivity index (χ2n) is 5.62. The molecule has 1 aliphatic carbocycles. The fourth-order valence-electron chi connectivity index (χ4n) is 2.12. The Bertz CT molecular complexity index is 636. The van der Waals surface area contributed by atoms with Gasteiger partial charge in [0.1, 0.15) is 5.76 Å². The van der Waals surface area contributed by atoms with Crippen molar-refractivity contribution < 1.29 is 9.15 Å².